The zero-order chi connectivity index (χ0) is 14.1. The van der Waals surface area contributed by atoms with Gasteiger partial charge in [0.05, 0.1) is 23.7 Å². The lowest BCUT2D eigenvalue weighted by Gasteiger charge is -2.26. The van der Waals surface area contributed by atoms with Gasteiger partial charge in [0.1, 0.15) is 0 Å². The Morgan fingerprint density at radius 2 is 1.68 bits per heavy atom. The number of aliphatic hydroxyl groups is 1. The van der Waals surface area contributed by atoms with Gasteiger partial charge in [-0.2, -0.15) is 4.31 Å². The van der Waals surface area contributed by atoms with Crippen LogP contribution in [0.5, 0.6) is 0 Å². The van der Waals surface area contributed by atoms with E-state index in [9.17, 15) is 13.5 Å². The quantitative estimate of drug-likeness (QED) is 0.897. The maximum absolute atomic E-state index is 12.4. The topological polar surface area (TPSA) is 66.8 Å². The van der Waals surface area contributed by atoms with E-state index in [1.807, 2.05) is 0 Å². The van der Waals surface area contributed by atoms with Crippen LogP contribution in [0.4, 0.5) is 0 Å². The maximum atomic E-state index is 12.4. The summed E-state index contributed by atoms with van der Waals surface area (Å²) in [4.78, 5) is 0.252. The zero-order valence-electron chi connectivity index (χ0n) is 11.2. The number of sulfonamides is 1. The van der Waals surface area contributed by atoms with E-state index in [1.54, 1.807) is 26.0 Å². The smallest absolute Gasteiger partial charge is 0.243 e. The zero-order valence-corrected chi connectivity index (χ0v) is 12.0. The summed E-state index contributed by atoms with van der Waals surface area (Å²) in [7, 11) is -3.45. The second-order valence-electron chi connectivity index (χ2n) is 5.10. The highest BCUT2D eigenvalue weighted by atomic mass is 32.2. The van der Waals surface area contributed by atoms with Crippen molar-refractivity contribution >= 4 is 10.0 Å². The van der Waals surface area contributed by atoms with E-state index < -0.39 is 15.6 Å². The fourth-order valence-corrected chi connectivity index (χ4v) is 3.38. The minimum atomic E-state index is -3.45. The second kappa shape index (κ2) is 5.20. The molecular weight excluding hydrogens is 266 g/mol. The summed E-state index contributed by atoms with van der Waals surface area (Å²) in [6.45, 7) is 4.96. The van der Waals surface area contributed by atoms with Crippen molar-refractivity contribution in [3.8, 4) is 0 Å². The van der Waals surface area contributed by atoms with Gasteiger partial charge in [-0.05, 0) is 31.5 Å². The Morgan fingerprint density at radius 1 is 1.16 bits per heavy atom. The highest BCUT2D eigenvalue weighted by Crippen LogP contribution is 2.23. The maximum Gasteiger partial charge on any atom is 0.243 e. The van der Waals surface area contributed by atoms with Crippen LogP contribution in [0.1, 0.15) is 19.4 Å². The van der Waals surface area contributed by atoms with Gasteiger partial charge in [0.15, 0.2) is 0 Å². The largest absolute Gasteiger partial charge is 0.386 e. The summed E-state index contributed by atoms with van der Waals surface area (Å²) in [5, 5.41) is 9.86. The van der Waals surface area contributed by atoms with Crippen molar-refractivity contribution in [3.63, 3.8) is 0 Å². The summed E-state index contributed by atoms with van der Waals surface area (Å²) in [5.74, 6) is 0. The molecule has 0 unspecified atom stereocenters. The molecule has 1 aromatic rings. The Kier molecular flexibility index (Phi) is 3.96. The Bertz CT molecular complexity index is 525. The van der Waals surface area contributed by atoms with Crippen LogP contribution in [0.2, 0.25) is 0 Å². The predicted octanol–water partition coefficient (Wildman–Crippen LogP) is 0.935. The Labute approximate surface area is 113 Å². The highest BCUT2D eigenvalue weighted by molar-refractivity contribution is 7.89. The van der Waals surface area contributed by atoms with Crippen molar-refractivity contribution < 1.29 is 18.3 Å². The molecule has 0 bridgehead atoms. The molecule has 1 aromatic carbocycles. The van der Waals surface area contributed by atoms with Crippen LogP contribution in [-0.2, 0) is 20.4 Å². The Balaban J connectivity index is 2.26. The molecule has 0 amide bonds. The Hall–Kier alpha value is -0.950. The van der Waals surface area contributed by atoms with E-state index >= 15 is 0 Å². The number of benzene rings is 1. The fraction of sp³-hybridized carbons (Fsp3) is 0.538. The number of hydrogen-bond donors (Lipinski definition) is 1. The molecular formula is C13H19NO4S. The number of rotatable bonds is 3. The summed E-state index contributed by atoms with van der Waals surface area (Å²) in [5.41, 5.74) is -0.283. The van der Waals surface area contributed by atoms with E-state index in [2.05, 4.69) is 0 Å². The molecule has 1 saturated heterocycles. The monoisotopic (exact) mass is 285 g/mol. The summed E-state index contributed by atoms with van der Waals surface area (Å²) in [6.07, 6.45) is 0. The van der Waals surface area contributed by atoms with Crippen LogP contribution < -0.4 is 0 Å². The first-order valence-electron chi connectivity index (χ1n) is 6.22. The summed E-state index contributed by atoms with van der Waals surface area (Å²) >= 11 is 0. The number of ether oxygens (including phenoxy) is 1. The van der Waals surface area contributed by atoms with Gasteiger partial charge < -0.3 is 9.84 Å². The van der Waals surface area contributed by atoms with E-state index in [-0.39, 0.29) is 4.90 Å². The SMILES string of the molecule is CC(C)(O)c1ccc(S(=O)(=O)N2CCOCC2)cc1. The average Bonchev–Trinajstić information content (AvgIpc) is 2.39. The lowest BCUT2D eigenvalue weighted by Crippen LogP contribution is -2.40. The van der Waals surface area contributed by atoms with E-state index in [0.29, 0.717) is 31.9 Å². The molecule has 0 radical (unpaired) electrons. The lowest BCUT2D eigenvalue weighted by atomic mass is 9.99. The first kappa shape index (κ1) is 14.5. The van der Waals surface area contributed by atoms with Gasteiger partial charge in [0.25, 0.3) is 0 Å². The molecule has 0 aromatic heterocycles. The van der Waals surface area contributed by atoms with E-state index in [4.69, 9.17) is 4.74 Å². The average molecular weight is 285 g/mol. The molecule has 0 spiro atoms. The number of nitrogens with zero attached hydrogens (tertiary/aromatic N) is 1. The summed E-state index contributed by atoms with van der Waals surface area (Å²) in [6, 6.07) is 6.37. The predicted molar refractivity (Wildman–Crippen MR) is 71.3 cm³/mol. The van der Waals surface area contributed by atoms with Crippen LogP contribution in [0.15, 0.2) is 29.2 Å². The molecule has 106 valence electrons. The number of morpholine rings is 1. The minimum Gasteiger partial charge on any atom is -0.386 e. The standard InChI is InChI=1S/C13H19NO4S/c1-13(2,15)11-3-5-12(6-4-11)19(16,17)14-7-9-18-10-8-14/h3-6,15H,7-10H2,1-2H3. The van der Waals surface area contributed by atoms with Gasteiger partial charge >= 0.3 is 0 Å². The Morgan fingerprint density at radius 3 is 2.16 bits per heavy atom. The molecule has 1 aliphatic heterocycles. The van der Waals surface area contributed by atoms with Gasteiger partial charge in [0.2, 0.25) is 10.0 Å². The lowest BCUT2D eigenvalue weighted by molar-refractivity contribution is 0.0730. The van der Waals surface area contributed by atoms with Crippen LogP contribution in [0, 0.1) is 0 Å². The molecule has 1 fully saturated rings. The molecule has 1 aliphatic rings. The normalized spacial score (nSPS) is 18.5. The van der Waals surface area contributed by atoms with Gasteiger partial charge in [0, 0.05) is 13.1 Å². The molecule has 0 saturated carbocycles. The first-order chi connectivity index (χ1) is 8.82. The van der Waals surface area contributed by atoms with E-state index in [0.717, 1.165) is 0 Å². The van der Waals surface area contributed by atoms with Gasteiger partial charge in [-0.15, -0.1) is 0 Å². The second-order valence-corrected chi connectivity index (χ2v) is 7.04. The van der Waals surface area contributed by atoms with Crippen molar-refractivity contribution in [1.29, 1.82) is 0 Å². The van der Waals surface area contributed by atoms with Gasteiger partial charge in [-0.3, -0.25) is 0 Å². The molecule has 0 atom stereocenters. The summed E-state index contributed by atoms with van der Waals surface area (Å²) < 4.78 is 31.3. The number of hydrogen-bond acceptors (Lipinski definition) is 4. The molecule has 1 heterocycles. The molecule has 6 heteroatoms. The van der Waals surface area contributed by atoms with Crippen molar-refractivity contribution in [2.24, 2.45) is 0 Å². The molecule has 5 nitrogen and oxygen atoms in total. The molecule has 0 aliphatic carbocycles. The van der Waals surface area contributed by atoms with Crippen molar-refractivity contribution in [3.05, 3.63) is 29.8 Å². The fourth-order valence-electron chi connectivity index (χ4n) is 1.97. The third kappa shape index (κ3) is 3.14. The highest BCUT2D eigenvalue weighted by Gasteiger charge is 2.26. The van der Waals surface area contributed by atoms with Crippen molar-refractivity contribution in [1.82, 2.24) is 4.31 Å². The van der Waals surface area contributed by atoms with Crippen LogP contribution in [0.3, 0.4) is 0 Å². The third-order valence-corrected chi connectivity index (χ3v) is 5.08. The van der Waals surface area contributed by atoms with Gasteiger partial charge in [-0.25, -0.2) is 8.42 Å². The third-order valence-electron chi connectivity index (χ3n) is 3.17. The van der Waals surface area contributed by atoms with Crippen LogP contribution in [0.25, 0.3) is 0 Å². The minimum absolute atomic E-state index is 0.252. The molecule has 2 rings (SSSR count). The first-order valence-corrected chi connectivity index (χ1v) is 7.66. The van der Waals surface area contributed by atoms with Gasteiger partial charge in [-0.1, -0.05) is 12.1 Å². The van der Waals surface area contributed by atoms with Crippen LogP contribution >= 0.6 is 0 Å². The molecule has 19 heavy (non-hydrogen) atoms. The van der Waals surface area contributed by atoms with E-state index in [1.165, 1.54) is 16.4 Å². The molecule has 1 N–H and O–H groups in total. The van der Waals surface area contributed by atoms with Crippen molar-refractivity contribution in [2.75, 3.05) is 26.3 Å². The van der Waals surface area contributed by atoms with Crippen molar-refractivity contribution in [2.45, 2.75) is 24.3 Å². The van der Waals surface area contributed by atoms with Crippen LogP contribution in [-0.4, -0.2) is 44.1 Å².